The Labute approximate surface area is 117 Å². The summed E-state index contributed by atoms with van der Waals surface area (Å²) in [5.74, 6) is 0. The van der Waals surface area contributed by atoms with E-state index in [4.69, 9.17) is 0 Å². The molecule has 1 aromatic carbocycles. The van der Waals surface area contributed by atoms with Crippen molar-refractivity contribution < 1.29 is 4.92 Å². The van der Waals surface area contributed by atoms with E-state index in [1.165, 1.54) is 11.6 Å². The molecule has 0 atom stereocenters. The molecule has 0 saturated heterocycles. The molecule has 104 valence electrons. The van der Waals surface area contributed by atoms with Crippen molar-refractivity contribution in [3.8, 4) is 0 Å². The SMILES string of the molecule is Cc1ccc(CCNc2ccc([N+](=O)[O-])cc2C)cn1. The zero-order valence-corrected chi connectivity index (χ0v) is 11.6. The van der Waals surface area contributed by atoms with Crippen molar-refractivity contribution in [1.29, 1.82) is 0 Å². The molecule has 0 spiro atoms. The molecule has 0 saturated carbocycles. The predicted octanol–water partition coefficient (Wildman–Crippen LogP) is 3.26. The van der Waals surface area contributed by atoms with Crippen molar-refractivity contribution in [2.75, 3.05) is 11.9 Å². The van der Waals surface area contributed by atoms with E-state index in [-0.39, 0.29) is 10.6 Å². The van der Waals surface area contributed by atoms with Crippen molar-refractivity contribution in [1.82, 2.24) is 4.98 Å². The van der Waals surface area contributed by atoms with Crippen LogP contribution in [0.2, 0.25) is 0 Å². The van der Waals surface area contributed by atoms with E-state index < -0.39 is 0 Å². The Balaban J connectivity index is 1.94. The van der Waals surface area contributed by atoms with Gasteiger partial charge in [0.25, 0.3) is 5.69 Å². The fourth-order valence-electron chi connectivity index (χ4n) is 1.95. The number of non-ortho nitro benzene ring substituents is 1. The van der Waals surface area contributed by atoms with Gasteiger partial charge in [-0.15, -0.1) is 0 Å². The molecule has 1 N–H and O–H groups in total. The molecule has 2 rings (SSSR count). The first-order chi connectivity index (χ1) is 9.56. The number of nitrogens with one attached hydrogen (secondary N) is 1. The molecule has 0 aliphatic rings. The van der Waals surface area contributed by atoms with Crippen LogP contribution < -0.4 is 5.32 Å². The van der Waals surface area contributed by atoms with Gasteiger partial charge in [0.15, 0.2) is 0 Å². The van der Waals surface area contributed by atoms with Crippen LogP contribution in [0.5, 0.6) is 0 Å². The summed E-state index contributed by atoms with van der Waals surface area (Å²) in [6.07, 6.45) is 2.74. The van der Waals surface area contributed by atoms with Crippen LogP contribution in [0, 0.1) is 24.0 Å². The van der Waals surface area contributed by atoms with E-state index in [2.05, 4.69) is 16.4 Å². The second-order valence-electron chi connectivity index (χ2n) is 4.74. The van der Waals surface area contributed by atoms with Gasteiger partial charge in [-0.2, -0.15) is 0 Å². The lowest BCUT2D eigenvalue weighted by Crippen LogP contribution is -2.06. The molecule has 5 nitrogen and oxygen atoms in total. The smallest absolute Gasteiger partial charge is 0.269 e. The average molecular weight is 271 g/mol. The molecule has 0 aliphatic carbocycles. The van der Waals surface area contributed by atoms with E-state index >= 15 is 0 Å². The van der Waals surface area contributed by atoms with Crippen LogP contribution >= 0.6 is 0 Å². The van der Waals surface area contributed by atoms with Gasteiger partial charge in [0.05, 0.1) is 4.92 Å². The second-order valence-corrected chi connectivity index (χ2v) is 4.74. The van der Waals surface area contributed by atoms with Gasteiger partial charge in [0.1, 0.15) is 0 Å². The van der Waals surface area contributed by atoms with Crippen molar-refractivity contribution in [2.45, 2.75) is 20.3 Å². The van der Waals surface area contributed by atoms with Crippen molar-refractivity contribution >= 4 is 11.4 Å². The first-order valence-corrected chi connectivity index (χ1v) is 6.47. The molecular weight excluding hydrogens is 254 g/mol. The van der Waals surface area contributed by atoms with Crippen molar-refractivity contribution in [2.24, 2.45) is 0 Å². The zero-order chi connectivity index (χ0) is 14.5. The number of benzene rings is 1. The monoisotopic (exact) mass is 271 g/mol. The molecule has 1 heterocycles. The summed E-state index contributed by atoms with van der Waals surface area (Å²) >= 11 is 0. The standard InChI is InChI=1S/C15H17N3O2/c1-11-9-14(18(19)20)5-6-15(11)16-8-7-13-4-3-12(2)17-10-13/h3-6,9-10,16H,7-8H2,1-2H3. The predicted molar refractivity (Wildman–Crippen MR) is 79.0 cm³/mol. The fraction of sp³-hybridized carbons (Fsp3) is 0.267. The molecule has 0 amide bonds. The molecule has 0 unspecified atom stereocenters. The number of hydrogen-bond acceptors (Lipinski definition) is 4. The van der Waals surface area contributed by atoms with Crippen molar-refractivity contribution in [3.63, 3.8) is 0 Å². The van der Waals surface area contributed by atoms with Gasteiger partial charge in [-0.1, -0.05) is 6.07 Å². The first-order valence-electron chi connectivity index (χ1n) is 6.47. The molecule has 0 bridgehead atoms. The number of nitro groups is 1. The summed E-state index contributed by atoms with van der Waals surface area (Å²) in [6.45, 7) is 4.59. The second kappa shape index (κ2) is 6.14. The van der Waals surface area contributed by atoms with E-state index in [1.807, 2.05) is 26.1 Å². The van der Waals surface area contributed by atoms with Crippen LogP contribution in [0.3, 0.4) is 0 Å². The molecule has 20 heavy (non-hydrogen) atoms. The van der Waals surface area contributed by atoms with E-state index in [0.29, 0.717) is 0 Å². The third-order valence-electron chi connectivity index (χ3n) is 3.12. The molecular formula is C15H17N3O2. The lowest BCUT2D eigenvalue weighted by atomic mass is 10.1. The minimum atomic E-state index is -0.380. The van der Waals surface area contributed by atoms with Crippen LogP contribution in [0.15, 0.2) is 36.5 Å². The Bertz CT molecular complexity index is 609. The summed E-state index contributed by atoms with van der Waals surface area (Å²) in [5.41, 5.74) is 4.10. The number of hydrogen-bond donors (Lipinski definition) is 1. The van der Waals surface area contributed by atoms with Crippen LogP contribution in [-0.2, 0) is 6.42 Å². The summed E-state index contributed by atoms with van der Waals surface area (Å²) in [5, 5.41) is 14.0. The van der Waals surface area contributed by atoms with Gasteiger partial charge < -0.3 is 5.32 Å². The Hall–Kier alpha value is -2.43. The maximum Gasteiger partial charge on any atom is 0.269 e. The number of nitro benzene ring substituents is 1. The third-order valence-corrected chi connectivity index (χ3v) is 3.12. The van der Waals surface area contributed by atoms with Crippen LogP contribution in [0.4, 0.5) is 11.4 Å². The van der Waals surface area contributed by atoms with Crippen LogP contribution in [-0.4, -0.2) is 16.5 Å². The first kappa shape index (κ1) is 14.0. The molecule has 0 radical (unpaired) electrons. The number of rotatable bonds is 5. The van der Waals surface area contributed by atoms with Gasteiger partial charge >= 0.3 is 0 Å². The molecule has 0 fully saturated rings. The number of aromatic nitrogens is 1. The highest BCUT2D eigenvalue weighted by Crippen LogP contribution is 2.21. The van der Waals surface area contributed by atoms with Gasteiger partial charge in [-0.3, -0.25) is 15.1 Å². The summed E-state index contributed by atoms with van der Waals surface area (Å²) in [4.78, 5) is 14.5. The van der Waals surface area contributed by atoms with Gasteiger partial charge in [-0.25, -0.2) is 0 Å². The molecule has 5 heteroatoms. The Morgan fingerprint density at radius 1 is 1.25 bits per heavy atom. The van der Waals surface area contributed by atoms with E-state index in [9.17, 15) is 10.1 Å². The number of aryl methyl sites for hydroxylation is 2. The molecule has 0 aliphatic heterocycles. The van der Waals surface area contributed by atoms with Crippen LogP contribution in [0.25, 0.3) is 0 Å². The van der Waals surface area contributed by atoms with Gasteiger partial charge in [0, 0.05) is 36.3 Å². The zero-order valence-electron chi connectivity index (χ0n) is 11.6. The summed E-state index contributed by atoms with van der Waals surface area (Å²) in [7, 11) is 0. The number of anilines is 1. The van der Waals surface area contributed by atoms with Crippen molar-refractivity contribution in [3.05, 3.63) is 63.5 Å². The van der Waals surface area contributed by atoms with E-state index in [0.717, 1.165) is 29.9 Å². The maximum absolute atomic E-state index is 10.7. The lowest BCUT2D eigenvalue weighted by Gasteiger charge is -2.09. The maximum atomic E-state index is 10.7. The molecule has 2 aromatic rings. The Kier molecular flexibility index (Phi) is 4.30. The third kappa shape index (κ3) is 3.54. The lowest BCUT2D eigenvalue weighted by molar-refractivity contribution is -0.384. The largest absolute Gasteiger partial charge is 0.384 e. The van der Waals surface area contributed by atoms with Gasteiger partial charge in [-0.05, 0) is 43.5 Å². The minimum Gasteiger partial charge on any atom is -0.384 e. The summed E-state index contributed by atoms with van der Waals surface area (Å²) in [6, 6.07) is 8.90. The minimum absolute atomic E-state index is 0.121. The topological polar surface area (TPSA) is 68.1 Å². The highest BCUT2D eigenvalue weighted by Gasteiger charge is 2.07. The number of pyridine rings is 1. The Morgan fingerprint density at radius 3 is 2.65 bits per heavy atom. The van der Waals surface area contributed by atoms with Gasteiger partial charge in [0.2, 0.25) is 0 Å². The van der Waals surface area contributed by atoms with E-state index in [1.54, 1.807) is 12.1 Å². The average Bonchev–Trinajstić information content (AvgIpc) is 2.42. The summed E-state index contributed by atoms with van der Waals surface area (Å²) < 4.78 is 0. The normalized spacial score (nSPS) is 10.3. The molecule has 1 aromatic heterocycles. The number of nitrogens with zero attached hydrogens (tertiary/aromatic N) is 2. The Morgan fingerprint density at radius 2 is 2.05 bits per heavy atom. The quantitative estimate of drug-likeness (QED) is 0.669. The fourth-order valence-corrected chi connectivity index (χ4v) is 1.95. The highest BCUT2D eigenvalue weighted by atomic mass is 16.6. The van der Waals surface area contributed by atoms with Crippen LogP contribution in [0.1, 0.15) is 16.8 Å². The highest BCUT2D eigenvalue weighted by molar-refractivity contribution is 5.55.